The van der Waals surface area contributed by atoms with Crippen LogP contribution in [0, 0.1) is 0 Å². The average Bonchev–Trinajstić information content (AvgIpc) is 2.52. The van der Waals surface area contributed by atoms with Gasteiger partial charge in [0.25, 0.3) is 0 Å². The van der Waals surface area contributed by atoms with Crippen molar-refractivity contribution in [1.29, 1.82) is 0 Å². The summed E-state index contributed by atoms with van der Waals surface area (Å²) in [4.78, 5) is 13.4. The summed E-state index contributed by atoms with van der Waals surface area (Å²) in [6, 6.07) is 8.67. The smallest absolute Gasteiger partial charge is 0.219 e. The van der Waals surface area contributed by atoms with E-state index in [2.05, 4.69) is 24.3 Å². The van der Waals surface area contributed by atoms with Crippen LogP contribution in [0.2, 0.25) is 0 Å². The molecule has 0 aromatic heterocycles. The Morgan fingerprint density at radius 1 is 1.19 bits per heavy atom. The van der Waals surface area contributed by atoms with Crippen molar-refractivity contribution in [3.05, 3.63) is 35.4 Å². The number of halogens is 1. The van der Waals surface area contributed by atoms with E-state index >= 15 is 0 Å². The summed E-state index contributed by atoms with van der Waals surface area (Å²) in [5.41, 5.74) is 2.96. The van der Waals surface area contributed by atoms with E-state index in [4.69, 9.17) is 0 Å². The van der Waals surface area contributed by atoms with Crippen molar-refractivity contribution in [3.63, 3.8) is 0 Å². The normalized spacial score (nSPS) is 25.9. The minimum Gasteiger partial charge on any atom is -0.342 e. The van der Waals surface area contributed by atoms with Gasteiger partial charge in [-0.05, 0) is 17.5 Å². The summed E-state index contributed by atoms with van der Waals surface area (Å²) in [5.74, 6) is 1.39. The zero-order valence-electron chi connectivity index (χ0n) is 9.35. The van der Waals surface area contributed by atoms with Gasteiger partial charge in [0.2, 0.25) is 5.91 Å². The largest absolute Gasteiger partial charge is 0.342 e. The molecule has 1 heterocycles. The molecule has 1 fully saturated rings. The molecule has 0 spiro atoms. The Labute approximate surface area is 102 Å². The molecule has 0 saturated carbocycles. The highest BCUT2D eigenvalue weighted by Gasteiger charge is 2.37. The first-order chi connectivity index (χ1) is 7.25. The van der Waals surface area contributed by atoms with Crippen molar-refractivity contribution < 1.29 is 4.79 Å². The predicted octanol–water partition coefficient (Wildman–Crippen LogP) is 2.54. The molecule has 0 radical (unpaired) electrons. The minimum absolute atomic E-state index is 0. The molecule has 0 N–H and O–H groups in total. The van der Waals surface area contributed by atoms with Gasteiger partial charge in [0, 0.05) is 31.8 Å². The Hall–Kier alpha value is -1.02. The zero-order chi connectivity index (χ0) is 10.4. The molecule has 1 saturated heterocycles. The van der Waals surface area contributed by atoms with Crippen LogP contribution in [0.1, 0.15) is 36.3 Å². The first kappa shape index (κ1) is 11.5. The third kappa shape index (κ3) is 1.61. The molecule has 2 bridgehead atoms. The van der Waals surface area contributed by atoms with Gasteiger partial charge in [-0.25, -0.2) is 0 Å². The molecule has 16 heavy (non-hydrogen) atoms. The van der Waals surface area contributed by atoms with Crippen molar-refractivity contribution >= 4 is 18.3 Å². The second kappa shape index (κ2) is 4.10. The summed E-state index contributed by atoms with van der Waals surface area (Å²) in [6.45, 7) is 3.51. The number of benzene rings is 1. The van der Waals surface area contributed by atoms with Crippen LogP contribution < -0.4 is 0 Å². The second-order valence-corrected chi connectivity index (χ2v) is 4.68. The van der Waals surface area contributed by atoms with Crippen molar-refractivity contribution in [2.75, 3.05) is 13.1 Å². The highest BCUT2D eigenvalue weighted by atomic mass is 35.5. The van der Waals surface area contributed by atoms with E-state index in [-0.39, 0.29) is 18.3 Å². The topological polar surface area (TPSA) is 20.3 Å². The van der Waals surface area contributed by atoms with E-state index in [0.29, 0.717) is 11.8 Å². The van der Waals surface area contributed by atoms with Gasteiger partial charge in [-0.1, -0.05) is 24.3 Å². The molecule has 1 aromatic rings. The number of carbonyl (C=O) groups is 1. The summed E-state index contributed by atoms with van der Waals surface area (Å²) >= 11 is 0. The molecule has 2 aliphatic rings. The van der Waals surface area contributed by atoms with Crippen molar-refractivity contribution in [2.45, 2.75) is 25.2 Å². The lowest BCUT2D eigenvalue weighted by Gasteiger charge is -2.31. The molecule has 1 aliphatic heterocycles. The molecule has 2 nitrogen and oxygen atoms in total. The first-order valence-electron chi connectivity index (χ1n) is 5.60. The number of hydrogen-bond donors (Lipinski definition) is 0. The lowest BCUT2D eigenvalue weighted by molar-refractivity contribution is -0.130. The molecular formula is C13H16ClNO. The summed E-state index contributed by atoms with van der Waals surface area (Å²) in [5, 5.41) is 0. The van der Waals surface area contributed by atoms with Gasteiger partial charge in [0.1, 0.15) is 0 Å². The maximum atomic E-state index is 11.4. The number of carbonyl (C=O) groups excluding carboxylic acids is 1. The number of piperidine rings is 1. The van der Waals surface area contributed by atoms with Crippen LogP contribution in [-0.2, 0) is 4.79 Å². The number of fused-ring (bicyclic) bond motifs is 5. The summed E-state index contributed by atoms with van der Waals surface area (Å²) in [6.07, 6.45) is 1.24. The Bertz CT molecular complexity index is 387. The van der Waals surface area contributed by atoms with Gasteiger partial charge in [0.15, 0.2) is 0 Å². The molecular weight excluding hydrogens is 222 g/mol. The van der Waals surface area contributed by atoms with Crippen LogP contribution >= 0.6 is 12.4 Å². The molecule has 1 amide bonds. The van der Waals surface area contributed by atoms with Gasteiger partial charge in [-0.2, -0.15) is 0 Å². The van der Waals surface area contributed by atoms with Gasteiger partial charge >= 0.3 is 0 Å². The standard InChI is InChI=1S/C13H15NO.ClH/c1-9(15)14-7-10-6-11(8-14)13-5-3-2-4-12(10)13;/h2-5,10-11H,6-8H2,1H3;1H. The van der Waals surface area contributed by atoms with Crippen molar-refractivity contribution in [1.82, 2.24) is 4.90 Å². The van der Waals surface area contributed by atoms with E-state index in [0.717, 1.165) is 13.1 Å². The van der Waals surface area contributed by atoms with Gasteiger partial charge in [0.05, 0.1) is 0 Å². The molecule has 2 unspecified atom stereocenters. The zero-order valence-corrected chi connectivity index (χ0v) is 10.2. The quantitative estimate of drug-likeness (QED) is 0.679. The predicted molar refractivity (Wildman–Crippen MR) is 66.0 cm³/mol. The fourth-order valence-electron chi connectivity index (χ4n) is 3.06. The second-order valence-electron chi connectivity index (χ2n) is 4.68. The molecule has 1 aliphatic carbocycles. The van der Waals surface area contributed by atoms with Crippen LogP contribution in [0.25, 0.3) is 0 Å². The Kier molecular flexibility index (Phi) is 2.94. The number of rotatable bonds is 0. The van der Waals surface area contributed by atoms with Crippen LogP contribution in [0.5, 0.6) is 0 Å². The summed E-state index contributed by atoms with van der Waals surface area (Å²) < 4.78 is 0. The number of amides is 1. The third-order valence-corrected chi connectivity index (χ3v) is 3.77. The van der Waals surface area contributed by atoms with Gasteiger partial charge < -0.3 is 4.90 Å². The number of nitrogens with zero attached hydrogens (tertiary/aromatic N) is 1. The van der Waals surface area contributed by atoms with Gasteiger partial charge in [-0.3, -0.25) is 4.79 Å². The van der Waals surface area contributed by atoms with Crippen LogP contribution in [0.3, 0.4) is 0 Å². The highest BCUT2D eigenvalue weighted by Crippen LogP contribution is 2.45. The monoisotopic (exact) mass is 237 g/mol. The molecule has 3 heteroatoms. The number of hydrogen-bond acceptors (Lipinski definition) is 1. The van der Waals surface area contributed by atoms with E-state index in [1.54, 1.807) is 6.92 Å². The average molecular weight is 238 g/mol. The lowest BCUT2D eigenvalue weighted by atomic mass is 9.96. The molecule has 3 rings (SSSR count). The maximum Gasteiger partial charge on any atom is 0.219 e. The highest BCUT2D eigenvalue weighted by molar-refractivity contribution is 5.85. The summed E-state index contributed by atoms with van der Waals surface area (Å²) in [7, 11) is 0. The van der Waals surface area contributed by atoms with Crippen molar-refractivity contribution in [2.24, 2.45) is 0 Å². The van der Waals surface area contributed by atoms with Gasteiger partial charge in [-0.15, -0.1) is 12.4 Å². The maximum absolute atomic E-state index is 11.4. The SMILES string of the molecule is CC(=O)N1CC2CC(C1)c1ccccc12.Cl. The molecule has 86 valence electrons. The van der Waals surface area contributed by atoms with Crippen LogP contribution in [-0.4, -0.2) is 23.9 Å². The fraction of sp³-hybridized carbons (Fsp3) is 0.462. The van der Waals surface area contributed by atoms with E-state index in [9.17, 15) is 4.79 Å². The lowest BCUT2D eigenvalue weighted by Crippen LogP contribution is -2.38. The van der Waals surface area contributed by atoms with Crippen LogP contribution in [0.15, 0.2) is 24.3 Å². The Morgan fingerprint density at radius 2 is 1.69 bits per heavy atom. The molecule has 2 atom stereocenters. The van der Waals surface area contributed by atoms with Crippen molar-refractivity contribution in [3.8, 4) is 0 Å². The van der Waals surface area contributed by atoms with E-state index in [1.165, 1.54) is 17.5 Å². The fourth-order valence-corrected chi connectivity index (χ4v) is 3.06. The van der Waals surface area contributed by atoms with E-state index < -0.39 is 0 Å². The number of likely N-dealkylation sites (tertiary alicyclic amines) is 1. The van der Waals surface area contributed by atoms with E-state index in [1.807, 2.05) is 4.90 Å². The third-order valence-electron chi connectivity index (χ3n) is 3.77. The Balaban J connectivity index is 0.000000963. The first-order valence-corrected chi connectivity index (χ1v) is 5.60. The minimum atomic E-state index is 0. The molecule has 1 aromatic carbocycles. The van der Waals surface area contributed by atoms with Crippen LogP contribution in [0.4, 0.5) is 0 Å². The Morgan fingerprint density at radius 3 is 2.12 bits per heavy atom.